The molecule has 1 N–H and O–H groups in total. The molecule has 1 unspecified atom stereocenters. The topological polar surface area (TPSA) is 29.5 Å². The van der Waals surface area contributed by atoms with Crippen LogP contribution in [0.1, 0.15) is 13.3 Å². The third kappa shape index (κ3) is 6.46. The Balaban J connectivity index is 3.74. The second kappa shape index (κ2) is 6.07. The average Bonchev–Trinajstić information content (AvgIpc) is 2.01. The van der Waals surface area contributed by atoms with Gasteiger partial charge < -0.3 is 9.84 Å². The van der Waals surface area contributed by atoms with Crippen molar-refractivity contribution in [2.24, 2.45) is 0 Å². The summed E-state index contributed by atoms with van der Waals surface area (Å²) in [6.07, 6.45) is -4.55. The fourth-order valence-electron chi connectivity index (χ4n) is 0.855. The summed E-state index contributed by atoms with van der Waals surface area (Å²) in [4.78, 5) is 0. The van der Waals surface area contributed by atoms with Gasteiger partial charge >= 0.3 is 12.3 Å². The third-order valence-corrected chi connectivity index (χ3v) is 1.51. The molecule has 0 aromatic rings. The van der Waals surface area contributed by atoms with Crippen LogP contribution in [-0.4, -0.2) is 36.8 Å². The van der Waals surface area contributed by atoms with Crippen LogP contribution in [0.15, 0.2) is 12.2 Å². The molecule has 2 nitrogen and oxygen atoms in total. The van der Waals surface area contributed by atoms with Crippen LogP contribution in [-0.2, 0) is 4.74 Å². The van der Waals surface area contributed by atoms with E-state index in [0.717, 1.165) is 0 Å². The highest BCUT2D eigenvalue weighted by Crippen LogP contribution is 2.22. The van der Waals surface area contributed by atoms with Crippen LogP contribution < -0.4 is 0 Å². The average molecular weight is 230 g/mol. The molecule has 15 heavy (non-hydrogen) atoms. The van der Waals surface area contributed by atoms with Gasteiger partial charge in [0.15, 0.2) is 0 Å². The van der Waals surface area contributed by atoms with E-state index in [1.807, 2.05) is 0 Å². The van der Waals surface area contributed by atoms with E-state index in [4.69, 9.17) is 5.11 Å². The summed E-state index contributed by atoms with van der Waals surface area (Å²) in [6, 6.07) is 0. The lowest BCUT2D eigenvalue weighted by molar-refractivity contribution is -0.170. The zero-order valence-electron chi connectivity index (χ0n) is 8.35. The second-order valence-electron chi connectivity index (χ2n) is 3.39. The third-order valence-electron chi connectivity index (χ3n) is 1.51. The summed E-state index contributed by atoms with van der Waals surface area (Å²) < 4.78 is 52.2. The number of halogens is 4. The van der Waals surface area contributed by atoms with Crippen LogP contribution in [0.4, 0.5) is 17.6 Å². The Morgan fingerprint density at radius 3 is 2.40 bits per heavy atom. The first-order valence-corrected chi connectivity index (χ1v) is 4.32. The Labute approximate surface area is 85.5 Å². The number of aliphatic hydroxyl groups excluding tert-OH is 1. The lowest BCUT2D eigenvalue weighted by atomic mass is 10.1. The first-order valence-electron chi connectivity index (χ1n) is 4.32. The molecule has 0 aliphatic heterocycles. The molecule has 90 valence electrons. The van der Waals surface area contributed by atoms with Crippen LogP contribution in [0.2, 0.25) is 0 Å². The summed E-state index contributed by atoms with van der Waals surface area (Å²) in [5, 5.41) is 9.14. The van der Waals surface area contributed by atoms with Crippen molar-refractivity contribution in [3.8, 4) is 0 Å². The summed E-state index contributed by atoms with van der Waals surface area (Å²) >= 11 is 0. The lowest BCUT2D eigenvalue weighted by Gasteiger charge is -2.17. The number of aliphatic hydroxyl groups is 1. The first-order chi connectivity index (χ1) is 6.75. The van der Waals surface area contributed by atoms with Crippen molar-refractivity contribution in [1.29, 1.82) is 0 Å². The van der Waals surface area contributed by atoms with Gasteiger partial charge in [-0.1, -0.05) is 5.57 Å². The maximum atomic E-state index is 12.3. The number of alkyl halides is 4. The molecule has 0 aliphatic carbocycles. The number of hydrogen-bond acceptors (Lipinski definition) is 2. The van der Waals surface area contributed by atoms with Gasteiger partial charge in [0.05, 0.1) is 12.7 Å². The number of ether oxygens (including phenoxy) is 1. The molecular weight excluding hydrogens is 216 g/mol. The number of rotatable bonds is 7. The van der Waals surface area contributed by atoms with Crippen molar-refractivity contribution >= 4 is 0 Å². The van der Waals surface area contributed by atoms with Crippen molar-refractivity contribution in [1.82, 2.24) is 0 Å². The summed E-state index contributed by atoms with van der Waals surface area (Å²) in [5.74, 6) is -4.16. The Morgan fingerprint density at radius 2 is 2.00 bits per heavy atom. The molecule has 6 heteroatoms. The summed E-state index contributed by atoms with van der Waals surface area (Å²) in [5.41, 5.74) is 0.659. The predicted octanol–water partition coefficient (Wildman–Crippen LogP) is 2.23. The molecule has 0 amide bonds. The van der Waals surface area contributed by atoms with E-state index in [1.54, 1.807) is 6.92 Å². The minimum absolute atomic E-state index is 0.195. The SMILES string of the molecule is C=C(C)CC(O)COCC(F)(F)C(F)F. The van der Waals surface area contributed by atoms with E-state index < -0.39 is 31.7 Å². The quantitative estimate of drug-likeness (QED) is 0.537. The van der Waals surface area contributed by atoms with Gasteiger partial charge in [-0.25, -0.2) is 8.78 Å². The van der Waals surface area contributed by atoms with Gasteiger partial charge in [-0.05, 0) is 13.3 Å². The molecule has 0 aromatic heterocycles. The largest absolute Gasteiger partial charge is 0.390 e. The number of hydrogen-bond donors (Lipinski definition) is 1. The molecular formula is C9H14F4O2. The van der Waals surface area contributed by atoms with Gasteiger partial charge in [-0.15, -0.1) is 6.58 Å². The molecule has 0 radical (unpaired) electrons. The molecule has 0 fully saturated rings. The summed E-state index contributed by atoms with van der Waals surface area (Å²) in [7, 11) is 0. The lowest BCUT2D eigenvalue weighted by Crippen LogP contribution is -2.33. The molecule has 0 spiro atoms. The Kier molecular flexibility index (Phi) is 5.82. The van der Waals surface area contributed by atoms with Crippen molar-refractivity contribution in [2.75, 3.05) is 13.2 Å². The van der Waals surface area contributed by atoms with Gasteiger partial charge in [-0.2, -0.15) is 8.78 Å². The summed E-state index contributed by atoms with van der Waals surface area (Å²) in [6.45, 7) is 3.35. The predicted molar refractivity (Wildman–Crippen MR) is 47.2 cm³/mol. The molecule has 0 aliphatic rings. The van der Waals surface area contributed by atoms with E-state index in [9.17, 15) is 17.6 Å². The van der Waals surface area contributed by atoms with Gasteiger partial charge in [0.25, 0.3) is 0 Å². The van der Waals surface area contributed by atoms with E-state index in [1.165, 1.54) is 0 Å². The Hall–Kier alpha value is -0.620. The maximum absolute atomic E-state index is 12.3. The fraction of sp³-hybridized carbons (Fsp3) is 0.778. The highest BCUT2D eigenvalue weighted by Gasteiger charge is 2.41. The van der Waals surface area contributed by atoms with E-state index >= 15 is 0 Å². The van der Waals surface area contributed by atoms with Crippen molar-refractivity contribution in [3.05, 3.63) is 12.2 Å². The standard InChI is InChI=1S/C9H14F4O2/c1-6(2)3-7(14)4-15-5-9(12,13)8(10)11/h7-8,14H,1,3-5H2,2H3. The molecule has 0 saturated heterocycles. The normalized spacial score (nSPS) is 14.3. The van der Waals surface area contributed by atoms with Gasteiger partial charge in [0, 0.05) is 0 Å². The molecule has 1 atom stereocenters. The van der Waals surface area contributed by atoms with E-state index in [2.05, 4.69) is 11.3 Å². The smallest absolute Gasteiger partial charge is 0.330 e. The molecule has 0 bridgehead atoms. The highest BCUT2D eigenvalue weighted by molar-refractivity contribution is 4.90. The second-order valence-corrected chi connectivity index (χ2v) is 3.39. The van der Waals surface area contributed by atoms with Gasteiger partial charge in [0.1, 0.15) is 6.61 Å². The molecule has 0 aromatic carbocycles. The zero-order valence-corrected chi connectivity index (χ0v) is 8.35. The van der Waals surface area contributed by atoms with E-state index in [0.29, 0.717) is 5.57 Å². The molecule has 0 saturated carbocycles. The fourth-order valence-corrected chi connectivity index (χ4v) is 0.855. The Morgan fingerprint density at radius 1 is 1.47 bits per heavy atom. The van der Waals surface area contributed by atoms with Gasteiger partial charge in [-0.3, -0.25) is 0 Å². The maximum Gasteiger partial charge on any atom is 0.330 e. The van der Waals surface area contributed by atoms with Crippen LogP contribution in [0.25, 0.3) is 0 Å². The Bertz CT molecular complexity index is 206. The van der Waals surface area contributed by atoms with Crippen LogP contribution in [0, 0.1) is 0 Å². The highest BCUT2D eigenvalue weighted by atomic mass is 19.3. The minimum atomic E-state index is -4.16. The van der Waals surface area contributed by atoms with E-state index in [-0.39, 0.29) is 6.42 Å². The minimum Gasteiger partial charge on any atom is -0.390 e. The van der Waals surface area contributed by atoms with Crippen molar-refractivity contribution in [3.63, 3.8) is 0 Å². The van der Waals surface area contributed by atoms with Gasteiger partial charge in [0.2, 0.25) is 0 Å². The first kappa shape index (κ1) is 14.4. The van der Waals surface area contributed by atoms with Crippen molar-refractivity contribution < 1.29 is 27.4 Å². The molecule has 0 rings (SSSR count). The van der Waals surface area contributed by atoms with Crippen LogP contribution >= 0.6 is 0 Å². The molecule has 0 heterocycles. The van der Waals surface area contributed by atoms with Crippen molar-refractivity contribution in [2.45, 2.75) is 31.8 Å². The van der Waals surface area contributed by atoms with Crippen LogP contribution in [0.3, 0.4) is 0 Å². The van der Waals surface area contributed by atoms with Crippen LogP contribution in [0.5, 0.6) is 0 Å². The monoisotopic (exact) mass is 230 g/mol. The zero-order chi connectivity index (χ0) is 12.1.